The Balaban J connectivity index is 0.00000261. The maximum atomic E-state index is 12.9. The van der Waals surface area contributed by atoms with Crippen molar-refractivity contribution in [3.63, 3.8) is 0 Å². The molecule has 0 aliphatic carbocycles. The van der Waals surface area contributed by atoms with Crippen molar-refractivity contribution in [3.8, 4) is 5.75 Å². The van der Waals surface area contributed by atoms with Crippen LogP contribution in [0.2, 0.25) is 0 Å². The first-order valence-electron chi connectivity index (χ1n) is 7.97. The van der Waals surface area contributed by atoms with Crippen LogP contribution in [0.15, 0.2) is 53.4 Å². The van der Waals surface area contributed by atoms with Gasteiger partial charge in [-0.25, -0.2) is 8.42 Å². The van der Waals surface area contributed by atoms with Gasteiger partial charge in [0.25, 0.3) is 0 Å². The van der Waals surface area contributed by atoms with E-state index >= 15 is 0 Å². The van der Waals surface area contributed by atoms with Gasteiger partial charge in [-0.15, -0.1) is 12.4 Å². The second kappa shape index (κ2) is 8.22. The zero-order valence-corrected chi connectivity index (χ0v) is 16.2. The lowest BCUT2D eigenvalue weighted by atomic mass is 9.95. The molecule has 1 fully saturated rings. The Labute approximate surface area is 163 Å². The number of nitrogens with two attached hydrogens (primary N) is 1. The maximum absolute atomic E-state index is 12.9. The number of methoxy groups -OCH3 is 1. The third-order valence-corrected chi connectivity index (χ3v) is 6.37. The van der Waals surface area contributed by atoms with E-state index < -0.39 is 20.6 Å². The summed E-state index contributed by atoms with van der Waals surface area (Å²) >= 11 is 0. The molecular formula is C17H20ClN3O5S. The molecule has 2 atom stereocenters. The van der Waals surface area contributed by atoms with Gasteiger partial charge in [-0.3, -0.25) is 10.1 Å². The molecule has 3 rings (SSSR count). The summed E-state index contributed by atoms with van der Waals surface area (Å²) in [5.74, 6) is -0.117. The van der Waals surface area contributed by atoms with Gasteiger partial charge in [0.2, 0.25) is 10.0 Å². The largest absolute Gasteiger partial charge is 0.490 e. The van der Waals surface area contributed by atoms with Crippen molar-refractivity contribution in [1.82, 2.24) is 4.31 Å². The van der Waals surface area contributed by atoms with Crippen molar-refractivity contribution in [2.45, 2.75) is 16.9 Å². The Hall–Kier alpha value is -2.20. The third kappa shape index (κ3) is 4.06. The number of rotatable bonds is 5. The van der Waals surface area contributed by atoms with Gasteiger partial charge in [-0.2, -0.15) is 4.31 Å². The highest BCUT2D eigenvalue weighted by molar-refractivity contribution is 7.89. The van der Waals surface area contributed by atoms with E-state index in [1.165, 1.54) is 23.5 Å². The van der Waals surface area contributed by atoms with Crippen LogP contribution in [0.1, 0.15) is 11.5 Å². The van der Waals surface area contributed by atoms with Crippen LogP contribution in [-0.2, 0) is 10.0 Å². The zero-order valence-electron chi connectivity index (χ0n) is 14.5. The number of benzene rings is 2. The van der Waals surface area contributed by atoms with Crippen LogP contribution in [-0.4, -0.2) is 43.9 Å². The number of ether oxygens (including phenoxy) is 1. The monoisotopic (exact) mass is 413 g/mol. The predicted octanol–water partition coefficient (Wildman–Crippen LogP) is 2.14. The van der Waals surface area contributed by atoms with E-state index in [2.05, 4.69) is 0 Å². The zero-order chi connectivity index (χ0) is 18.9. The summed E-state index contributed by atoms with van der Waals surface area (Å²) in [4.78, 5) is 10.4. The third-order valence-electron chi connectivity index (χ3n) is 4.54. The Morgan fingerprint density at radius 2 is 1.85 bits per heavy atom. The van der Waals surface area contributed by atoms with Crippen molar-refractivity contribution in [2.75, 3.05) is 20.2 Å². The minimum absolute atomic E-state index is 0. The van der Waals surface area contributed by atoms with Crippen molar-refractivity contribution in [3.05, 3.63) is 64.2 Å². The Morgan fingerprint density at radius 3 is 2.44 bits per heavy atom. The first-order chi connectivity index (χ1) is 12.3. The molecule has 0 saturated carbocycles. The van der Waals surface area contributed by atoms with E-state index in [4.69, 9.17) is 10.5 Å². The molecule has 2 aromatic carbocycles. The van der Waals surface area contributed by atoms with Gasteiger partial charge in [-0.1, -0.05) is 30.3 Å². The highest BCUT2D eigenvalue weighted by Crippen LogP contribution is 2.34. The molecule has 2 N–H and O–H groups in total. The lowest BCUT2D eigenvalue weighted by Gasteiger charge is -2.17. The molecule has 1 aliphatic rings. The van der Waals surface area contributed by atoms with E-state index in [0.717, 1.165) is 11.6 Å². The van der Waals surface area contributed by atoms with E-state index in [-0.39, 0.29) is 48.1 Å². The van der Waals surface area contributed by atoms with E-state index in [0.29, 0.717) is 0 Å². The van der Waals surface area contributed by atoms with Crippen molar-refractivity contribution in [1.29, 1.82) is 0 Å². The van der Waals surface area contributed by atoms with E-state index in [1.807, 2.05) is 30.3 Å². The molecule has 0 amide bonds. The summed E-state index contributed by atoms with van der Waals surface area (Å²) in [5, 5.41) is 11.2. The molecule has 1 aliphatic heterocycles. The fourth-order valence-corrected chi connectivity index (χ4v) is 4.69. The molecule has 10 heteroatoms. The van der Waals surface area contributed by atoms with Crippen LogP contribution in [0, 0.1) is 10.1 Å². The smallest absolute Gasteiger partial charge is 0.312 e. The SMILES string of the molecule is COc1ccc(S(=O)(=O)N2C[C@@H](N)[C@H](c3ccccc3)C2)cc1[N+](=O)[O-].Cl. The molecule has 146 valence electrons. The Bertz CT molecular complexity index is 923. The average Bonchev–Trinajstić information content (AvgIpc) is 3.04. The second-order valence-corrected chi connectivity index (χ2v) is 8.03. The number of halogens is 1. The number of sulfonamides is 1. The van der Waals surface area contributed by atoms with Crippen LogP contribution in [0.3, 0.4) is 0 Å². The van der Waals surface area contributed by atoms with Crippen LogP contribution in [0.25, 0.3) is 0 Å². The second-order valence-electron chi connectivity index (χ2n) is 6.09. The maximum Gasteiger partial charge on any atom is 0.312 e. The van der Waals surface area contributed by atoms with Gasteiger partial charge in [0, 0.05) is 31.1 Å². The summed E-state index contributed by atoms with van der Waals surface area (Å²) in [6, 6.07) is 12.7. The lowest BCUT2D eigenvalue weighted by molar-refractivity contribution is -0.386. The van der Waals surface area contributed by atoms with Crippen molar-refractivity contribution in [2.24, 2.45) is 5.73 Å². The van der Waals surface area contributed by atoms with Crippen molar-refractivity contribution < 1.29 is 18.1 Å². The molecule has 0 bridgehead atoms. The van der Waals surface area contributed by atoms with Crippen LogP contribution in [0.4, 0.5) is 5.69 Å². The lowest BCUT2D eigenvalue weighted by Crippen LogP contribution is -2.32. The molecule has 1 saturated heterocycles. The quantitative estimate of drug-likeness (QED) is 0.593. The highest BCUT2D eigenvalue weighted by atomic mass is 35.5. The molecule has 27 heavy (non-hydrogen) atoms. The number of nitro benzene ring substituents is 1. The van der Waals surface area contributed by atoms with Crippen LogP contribution < -0.4 is 10.5 Å². The molecule has 2 aromatic rings. The van der Waals surface area contributed by atoms with Gasteiger partial charge >= 0.3 is 5.69 Å². The summed E-state index contributed by atoms with van der Waals surface area (Å²) in [7, 11) is -2.61. The van der Waals surface area contributed by atoms with Crippen LogP contribution >= 0.6 is 12.4 Å². The molecule has 0 unspecified atom stereocenters. The molecule has 8 nitrogen and oxygen atoms in total. The molecule has 0 radical (unpaired) electrons. The molecule has 1 heterocycles. The first-order valence-corrected chi connectivity index (χ1v) is 9.41. The normalized spacial score (nSPS) is 20.1. The van der Waals surface area contributed by atoms with Gasteiger partial charge < -0.3 is 10.5 Å². The minimum Gasteiger partial charge on any atom is -0.490 e. The summed E-state index contributed by atoms with van der Waals surface area (Å²) in [6.45, 7) is 0.384. The Kier molecular flexibility index (Phi) is 6.42. The number of hydrogen-bond donors (Lipinski definition) is 1. The number of hydrogen-bond acceptors (Lipinski definition) is 6. The predicted molar refractivity (Wildman–Crippen MR) is 103 cm³/mol. The van der Waals surface area contributed by atoms with E-state index in [1.54, 1.807) is 0 Å². The van der Waals surface area contributed by atoms with Crippen molar-refractivity contribution >= 4 is 28.1 Å². The topological polar surface area (TPSA) is 116 Å². The highest BCUT2D eigenvalue weighted by Gasteiger charge is 2.39. The Morgan fingerprint density at radius 1 is 1.19 bits per heavy atom. The molecule has 0 spiro atoms. The molecular weight excluding hydrogens is 394 g/mol. The van der Waals surface area contributed by atoms with Gasteiger partial charge in [0.1, 0.15) is 0 Å². The summed E-state index contributed by atoms with van der Waals surface area (Å²) in [5.41, 5.74) is 6.74. The average molecular weight is 414 g/mol. The van der Waals surface area contributed by atoms with E-state index in [9.17, 15) is 18.5 Å². The first kappa shape index (κ1) is 21.1. The summed E-state index contributed by atoms with van der Waals surface area (Å²) < 4.78 is 32.1. The molecule has 0 aromatic heterocycles. The fraction of sp³-hybridized carbons (Fsp3) is 0.294. The number of nitrogens with zero attached hydrogens (tertiary/aromatic N) is 2. The standard InChI is InChI=1S/C17H19N3O5S.ClH/c1-25-17-8-7-13(9-16(17)20(21)22)26(23,24)19-10-14(15(18)11-19)12-5-3-2-4-6-12;/h2-9,14-15H,10-11,18H2,1H3;1H/t14-,15+;/m0./s1. The fourth-order valence-electron chi connectivity index (χ4n) is 3.16. The van der Waals surface area contributed by atoms with Crippen LogP contribution in [0.5, 0.6) is 5.75 Å². The number of nitro groups is 1. The summed E-state index contributed by atoms with van der Waals surface area (Å²) in [6.07, 6.45) is 0. The van der Waals surface area contributed by atoms with Gasteiger partial charge in [0.15, 0.2) is 5.75 Å². The minimum atomic E-state index is -3.90. The van der Waals surface area contributed by atoms with Gasteiger partial charge in [-0.05, 0) is 17.7 Å². The van der Waals surface area contributed by atoms with Gasteiger partial charge in [0.05, 0.1) is 16.9 Å².